The molecule has 94 valence electrons. The van der Waals surface area contributed by atoms with Crippen LogP contribution in [0.1, 0.15) is 12.8 Å². The van der Waals surface area contributed by atoms with Gasteiger partial charge in [-0.25, -0.2) is 0 Å². The van der Waals surface area contributed by atoms with Gasteiger partial charge in [-0.3, -0.25) is 0 Å². The summed E-state index contributed by atoms with van der Waals surface area (Å²) in [6.07, 6.45) is 2.10. The number of hydrogen-bond donors (Lipinski definition) is 1. The molecule has 17 heavy (non-hydrogen) atoms. The van der Waals surface area contributed by atoms with Crippen molar-refractivity contribution in [3.63, 3.8) is 0 Å². The van der Waals surface area contributed by atoms with E-state index in [-0.39, 0.29) is 0 Å². The van der Waals surface area contributed by atoms with E-state index in [9.17, 15) is 0 Å². The summed E-state index contributed by atoms with van der Waals surface area (Å²) >= 11 is 0. The summed E-state index contributed by atoms with van der Waals surface area (Å²) < 4.78 is 10.5. The Morgan fingerprint density at radius 3 is 2.35 bits per heavy atom. The number of nitrogens with zero attached hydrogens (tertiary/aromatic N) is 1. The Morgan fingerprint density at radius 1 is 1.12 bits per heavy atom. The summed E-state index contributed by atoms with van der Waals surface area (Å²) in [7, 11) is 3.31. The van der Waals surface area contributed by atoms with Crippen molar-refractivity contribution in [2.45, 2.75) is 18.9 Å². The highest BCUT2D eigenvalue weighted by Crippen LogP contribution is 2.32. The summed E-state index contributed by atoms with van der Waals surface area (Å²) in [5.74, 6) is 1.55. The van der Waals surface area contributed by atoms with Gasteiger partial charge in [0.25, 0.3) is 0 Å². The van der Waals surface area contributed by atoms with E-state index >= 15 is 0 Å². The van der Waals surface area contributed by atoms with E-state index in [0.29, 0.717) is 6.04 Å². The van der Waals surface area contributed by atoms with Crippen molar-refractivity contribution >= 4 is 5.69 Å². The highest BCUT2D eigenvalue weighted by molar-refractivity contribution is 5.56. The maximum Gasteiger partial charge on any atom is 0.162 e. The van der Waals surface area contributed by atoms with Gasteiger partial charge in [-0.2, -0.15) is 0 Å². The van der Waals surface area contributed by atoms with Crippen molar-refractivity contribution in [1.29, 1.82) is 0 Å². The van der Waals surface area contributed by atoms with Gasteiger partial charge < -0.3 is 20.1 Å². The van der Waals surface area contributed by atoms with Crippen LogP contribution in [0.25, 0.3) is 0 Å². The van der Waals surface area contributed by atoms with Crippen LogP contribution in [0.4, 0.5) is 5.69 Å². The van der Waals surface area contributed by atoms with Crippen LogP contribution in [-0.2, 0) is 0 Å². The van der Waals surface area contributed by atoms with Gasteiger partial charge in [0.2, 0.25) is 0 Å². The number of piperidine rings is 1. The zero-order chi connectivity index (χ0) is 12.3. The summed E-state index contributed by atoms with van der Waals surface area (Å²) in [4.78, 5) is 2.34. The fraction of sp³-hybridized carbons (Fsp3) is 0.538. The summed E-state index contributed by atoms with van der Waals surface area (Å²) in [5.41, 5.74) is 7.08. The third-order valence-electron chi connectivity index (χ3n) is 3.27. The largest absolute Gasteiger partial charge is 0.493 e. The third-order valence-corrected chi connectivity index (χ3v) is 3.27. The Labute approximate surface area is 102 Å². The van der Waals surface area contributed by atoms with Crippen molar-refractivity contribution < 1.29 is 9.47 Å². The molecular weight excluding hydrogens is 216 g/mol. The molecule has 4 heteroatoms. The van der Waals surface area contributed by atoms with E-state index in [2.05, 4.69) is 11.0 Å². The van der Waals surface area contributed by atoms with E-state index in [1.807, 2.05) is 12.1 Å². The van der Waals surface area contributed by atoms with Gasteiger partial charge in [-0.15, -0.1) is 0 Å². The van der Waals surface area contributed by atoms with Gasteiger partial charge >= 0.3 is 0 Å². The molecule has 1 aromatic carbocycles. The van der Waals surface area contributed by atoms with Crippen LogP contribution in [0, 0.1) is 0 Å². The van der Waals surface area contributed by atoms with Crippen LogP contribution in [0.2, 0.25) is 0 Å². The first-order valence-corrected chi connectivity index (χ1v) is 5.97. The Hall–Kier alpha value is -1.42. The molecule has 0 bridgehead atoms. The summed E-state index contributed by atoms with van der Waals surface area (Å²) in [6.45, 7) is 2.02. The van der Waals surface area contributed by atoms with Gasteiger partial charge in [-0.05, 0) is 25.0 Å². The first-order chi connectivity index (χ1) is 8.24. The highest BCUT2D eigenvalue weighted by atomic mass is 16.5. The second-order valence-corrected chi connectivity index (χ2v) is 4.36. The van der Waals surface area contributed by atoms with Crippen molar-refractivity contribution in [3.05, 3.63) is 18.2 Å². The van der Waals surface area contributed by atoms with Gasteiger partial charge in [0.15, 0.2) is 11.5 Å². The molecule has 2 rings (SSSR count). The predicted molar refractivity (Wildman–Crippen MR) is 69.0 cm³/mol. The lowest BCUT2D eigenvalue weighted by atomic mass is 10.1. The average Bonchev–Trinajstić information content (AvgIpc) is 2.39. The fourth-order valence-electron chi connectivity index (χ4n) is 2.18. The molecule has 0 amide bonds. The van der Waals surface area contributed by atoms with Gasteiger partial charge in [-0.1, -0.05) is 0 Å². The standard InChI is InChI=1S/C13H20N2O2/c1-16-12-4-3-11(9-13(12)17-2)15-7-5-10(14)6-8-15/h3-4,9-10H,5-8,14H2,1-2H3. The molecule has 0 saturated carbocycles. The molecule has 4 nitrogen and oxygen atoms in total. The average molecular weight is 236 g/mol. The lowest BCUT2D eigenvalue weighted by Crippen LogP contribution is -2.39. The zero-order valence-corrected chi connectivity index (χ0v) is 10.5. The molecule has 1 saturated heterocycles. The van der Waals surface area contributed by atoms with E-state index in [4.69, 9.17) is 15.2 Å². The van der Waals surface area contributed by atoms with Crippen LogP contribution < -0.4 is 20.1 Å². The molecule has 0 aromatic heterocycles. The van der Waals surface area contributed by atoms with Gasteiger partial charge in [0.1, 0.15) is 0 Å². The SMILES string of the molecule is COc1ccc(N2CCC(N)CC2)cc1OC. The molecule has 0 aliphatic carbocycles. The number of methoxy groups -OCH3 is 2. The number of rotatable bonds is 3. The first kappa shape index (κ1) is 12.0. The summed E-state index contributed by atoms with van der Waals surface area (Å²) in [5, 5.41) is 0. The minimum absolute atomic E-state index is 0.353. The Morgan fingerprint density at radius 2 is 1.76 bits per heavy atom. The number of hydrogen-bond acceptors (Lipinski definition) is 4. The Bertz CT molecular complexity index is 374. The summed E-state index contributed by atoms with van der Waals surface area (Å²) in [6, 6.07) is 6.39. The number of benzene rings is 1. The van der Waals surface area contributed by atoms with Crippen LogP contribution in [-0.4, -0.2) is 33.4 Å². The molecule has 1 aromatic rings. The molecule has 0 spiro atoms. The van der Waals surface area contributed by atoms with Gasteiger partial charge in [0, 0.05) is 30.9 Å². The first-order valence-electron chi connectivity index (χ1n) is 5.97. The molecule has 1 aliphatic heterocycles. The number of anilines is 1. The fourth-order valence-corrected chi connectivity index (χ4v) is 2.18. The molecule has 0 atom stereocenters. The molecule has 0 radical (unpaired) electrons. The minimum Gasteiger partial charge on any atom is -0.493 e. The Kier molecular flexibility index (Phi) is 3.74. The van der Waals surface area contributed by atoms with E-state index in [1.54, 1.807) is 14.2 Å². The van der Waals surface area contributed by atoms with E-state index in [1.165, 1.54) is 5.69 Å². The smallest absolute Gasteiger partial charge is 0.162 e. The molecule has 2 N–H and O–H groups in total. The van der Waals surface area contributed by atoms with Crippen molar-refractivity contribution in [2.24, 2.45) is 5.73 Å². The number of ether oxygens (including phenoxy) is 2. The van der Waals surface area contributed by atoms with Crippen LogP contribution in [0.3, 0.4) is 0 Å². The third kappa shape index (κ3) is 2.64. The Balaban J connectivity index is 2.16. The van der Waals surface area contributed by atoms with Crippen molar-refractivity contribution in [3.8, 4) is 11.5 Å². The second-order valence-electron chi connectivity index (χ2n) is 4.36. The van der Waals surface area contributed by atoms with Crippen molar-refractivity contribution in [2.75, 3.05) is 32.2 Å². The quantitative estimate of drug-likeness (QED) is 0.866. The molecule has 0 unspecified atom stereocenters. The van der Waals surface area contributed by atoms with Crippen LogP contribution >= 0.6 is 0 Å². The van der Waals surface area contributed by atoms with Crippen LogP contribution in [0.5, 0.6) is 11.5 Å². The lowest BCUT2D eigenvalue weighted by Gasteiger charge is -2.32. The zero-order valence-electron chi connectivity index (χ0n) is 10.5. The monoisotopic (exact) mass is 236 g/mol. The minimum atomic E-state index is 0.353. The van der Waals surface area contributed by atoms with Crippen LogP contribution in [0.15, 0.2) is 18.2 Å². The normalized spacial score (nSPS) is 17.0. The topological polar surface area (TPSA) is 47.7 Å². The maximum absolute atomic E-state index is 5.91. The molecular formula is C13H20N2O2. The highest BCUT2D eigenvalue weighted by Gasteiger charge is 2.17. The second kappa shape index (κ2) is 5.27. The van der Waals surface area contributed by atoms with Crippen molar-refractivity contribution in [1.82, 2.24) is 0 Å². The number of nitrogens with two attached hydrogens (primary N) is 1. The lowest BCUT2D eigenvalue weighted by molar-refractivity contribution is 0.355. The molecule has 1 fully saturated rings. The van der Waals surface area contributed by atoms with E-state index in [0.717, 1.165) is 37.4 Å². The maximum atomic E-state index is 5.91. The molecule has 1 heterocycles. The van der Waals surface area contributed by atoms with E-state index < -0.39 is 0 Å². The predicted octanol–water partition coefficient (Wildman–Crippen LogP) is 1.63. The van der Waals surface area contributed by atoms with Gasteiger partial charge in [0.05, 0.1) is 14.2 Å². The molecule has 1 aliphatic rings.